The lowest BCUT2D eigenvalue weighted by Gasteiger charge is -2.36. The highest BCUT2D eigenvalue weighted by Crippen LogP contribution is 2.32. The molecule has 0 bridgehead atoms. The van der Waals surface area contributed by atoms with Gasteiger partial charge in [-0.25, -0.2) is 0 Å². The highest BCUT2D eigenvalue weighted by atomic mass is 16.5. The van der Waals surface area contributed by atoms with Crippen LogP contribution >= 0.6 is 0 Å². The van der Waals surface area contributed by atoms with Crippen molar-refractivity contribution >= 4 is 11.6 Å². The molecule has 4 rings (SSSR count). The van der Waals surface area contributed by atoms with Gasteiger partial charge in [0.05, 0.1) is 33.4 Å². The molecule has 1 amide bonds. The van der Waals surface area contributed by atoms with Crippen LogP contribution < -0.4 is 19.1 Å². The second-order valence-corrected chi connectivity index (χ2v) is 8.64. The number of carbonyl (C=O) groups excluding carboxylic acids is 1. The Hall–Kier alpha value is -2.93. The summed E-state index contributed by atoms with van der Waals surface area (Å²) in [5, 5.41) is 0. The number of ether oxygens (including phenoxy) is 3. The smallest absolute Gasteiger partial charge is 0.227 e. The summed E-state index contributed by atoms with van der Waals surface area (Å²) >= 11 is 0. The minimum Gasteiger partial charge on any atom is -0.495 e. The molecule has 7 heteroatoms. The molecule has 2 aromatic rings. The number of hydrogen-bond donors (Lipinski definition) is 0. The molecule has 7 nitrogen and oxygen atoms in total. The number of anilines is 1. The Morgan fingerprint density at radius 2 is 1.45 bits per heavy atom. The molecule has 2 aliphatic heterocycles. The van der Waals surface area contributed by atoms with Gasteiger partial charge in [0.1, 0.15) is 5.75 Å². The molecule has 178 valence electrons. The van der Waals surface area contributed by atoms with Gasteiger partial charge in [-0.1, -0.05) is 12.1 Å². The number of benzene rings is 2. The molecule has 0 aliphatic carbocycles. The summed E-state index contributed by atoms with van der Waals surface area (Å²) in [7, 11) is 5.00. The highest BCUT2D eigenvalue weighted by molar-refractivity contribution is 5.80. The number of para-hydroxylation sites is 2. The predicted molar refractivity (Wildman–Crippen MR) is 130 cm³/mol. The summed E-state index contributed by atoms with van der Waals surface area (Å²) in [6.45, 7) is 6.59. The molecule has 0 unspecified atom stereocenters. The Morgan fingerprint density at radius 3 is 2.15 bits per heavy atom. The van der Waals surface area contributed by atoms with E-state index >= 15 is 0 Å². The van der Waals surface area contributed by atoms with Crippen molar-refractivity contribution in [3.63, 3.8) is 0 Å². The van der Waals surface area contributed by atoms with E-state index in [4.69, 9.17) is 14.2 Å². The van der Waals surface area contributed by atoms with Crippen molar-refractivity contribution in [2.75, 3.05) is 72.0 Å². The maximum Gasteiger partial charge on any atom is 0.227 e. The molecule has 2 aliphatic rings. The Bertz CT molecular complexity index is 957. The minimum atomic E-state index is 0.196. The first-order chi connectivity index (χ1) is 16.1. The molecule has 33 heavy (non-hydrogen) atoms. The van der Waals surface area contributed by atoms with Gasteiger partial charge in [0.2, 0.25) is 5.91 Å². The van der Waals surface area contributed by atoms with Gasteiger partial charge in [-0.05, 0) is 54.8 Å². The van der Waals surface area contributed by atoms with Crippen LogP contribution in [0.25, 0.3) is 0 Å². The number of fused-ring (bicyclic) bond motifs is 1. The Balaban J connectivity index is 1.26. The van der Waals surface area contributed by atoms with Gasteiger partial charge < -0.3 is 24.0 Å². The van der Waals surface area contributed by atoms with Crippen molar-refractivity contribution in [3.05, 3.63) is 47.5 Å². The van der Waals surface area contributed by atoms with Gasteiger partial charge in [0, 0.05) is 39.3 Å². The van der Waals surface area contributed by atoms with Crippen LogP contribution in [0.4, 0.5) is 5.69 Å². The Labute approximate surface area is 196 Å². The first kappa shape index (κ1) is 23.2. The van der Waals surface area contributed by atoms with Crippen LogP contribution in [0.2, 0.25) is 0 Å². The lowest BCUT2D eigenvalue weighted by atomic mass is 10.0. The number of rotatable bonds is 8. The fourth-order valence-electron chi connectivity index (χ4n) is 4.84. The normalized spacial score (nSPS) is 16.9. The van der Waals surface area contributed by atoms with E-state index in [9.17, 15) is 4.79 Å². The highest BCUT2D eigenvalue weighted by Gasteiger charge is 2.23. The molecule has 1 saturated heterocycles. The molecule has 2 heterocycles. The van der Waals surface area contributed by atoms with Crippen molar-refractivity contribution < 1.29 is 19.0 Å². The Morgan fingerprint density at radius 1 is 0.788 bits per heavy atom. The molecule has 0 radical (unpaired) electrons. The van der Waals surface area contributed by atoms with Gasteiger partial charge in [-0.2, -0.15) is 0 Å². The number of hydrogen-bond acceptors (Lipinski definition) is 6. The molecular formula is C26H35N3O4. The zero-order valence-electron chi connectivity index (χ0n) is 20.0. The largest absolute Gasteiger partial charge is 0.495 e. The maximum absolute atomic E-state index is 12.9. The lowest BCUT2D eigenvalue weighted by molar-refractivity contribution is -0.130. The number of methoxy groups -OCH3 is 3. The number of piperazine rings is 1. The topological polar surface area (TPSA) is 54.5 Å². The molecule has 0 spiro atoms. The summed E-state index contributed by atoms with van der Waals surface area (Å²) in [6, 6.07) is 12.2. The van der Waals surface area contributed by atoms with E-state index in [1.54, 1.807) is 21.3 Å². The van der Waals surface area contributed by atoms with Crippen LogP contribution in [-0.4, -0.2) is 82.8 Å². The first-order valence-electron chi connectivity index (χ1n) is 11.7. The second kappa shape index (κ2) is 10.8. The van der Waals surface area contributed by atoms with Crippen molar-refractivity contribution in [2.24, 2.45) is 0 Å². The van der Waals surface area contributed by atoms with E-state index in [1.807, 2.05) is 29.2 Å². The van der Waals surface area contributed by atoms with Crippen molar-refractivity contribution in [2.45, 2.75) is 19.3 Å². The fraction of sp³-hybridized carbons (Fsp3) is 0.500. The zero-order chi connectivity index (χ0) is 23.2. The van der Waals surface area contributed by atoms with E-state index in [0.717, 1.165) is 75.7 Å². The van der Waals surface area contributed by atoms with Crippen molar-refractivity contribution in [1.82, 2.24) is 9.80 Å². The van der Waals surface area contributed by atoms with Crippen LogP contribution in [-0.2, 0) is 17.6 Å². The fourth-order valence-corrected chi connectivity index (χ4v) is 4.84. The van der Waals surface area contributed by atoms with Gasteiger partial charge in [0.15, 0.2) is 11.5 Å². The lowest BCUT2D eigenvalue weighted by Crippen LogP contribution is -2.47. The average Bonchev–Trinajstić information content (AvgIpc) is 3.01. The summed E-state index contributed by atoms with van der Waals surface area (Å²) in [6.07, 6.45) is 2.26. The van der Waals surface area contributed by atoms with E-state index in [2.05, 4.69) is 21.9 Å². The Kier molecular flexibility index (Phi) is 7.60. The molecule has 0 atom stereocenters. The van der Waals surface area contributed by atoms with Crippen molar-refractivity contribution in [1.29, 1.82) is 0 Å². The average molecular weight is 454 g/mol. The standard InChI is InChI=1S/C26H35N3O4/c1-31-23-8-5-4-7-22(23)28-15-13-27(14-16-28)10-6-11-29-12-9-20-17-24(32-2)25(33-3)18-21(20)19-26(29)30/h4-5,7-8,17-18H,6,9-16,19H2,1-3H3. The van der Waals surface area contributed by atoms with Gasteiger partial charge in [-0.15, -0.1) is 0 Å². The van der Waals surface area contributed by atoms with E-state index in [1.165, 1.54) is 11.3 Å². The summed E-state index contributed by atoms with van der Waals surface area (Å²) in [5.74, 6) is 2.54. The maximum atomic E-state index is 12.9. The predicted octanol–water partition coefficient (Wildman–Crippen LogP) is 2.85. The molecule has 1 fully saturated rings. The minimum absolute atomic E-state index is 0.196. The van der Waals surface area contributed by atoms with E-state index < -0.39 is 0 Å². The molecule has 0 aromatic heterocycles. The molecule has 0 N–H and O–H groups in total. The number of carbonyl (C=O) groups is 1. The van der Waals surface area contributed by atoms with Gasteiger partial charge in [0.25, 0.3) is 0 Å². The molecule has 2 aromatic carbocycles. The third kappa shape index (κ3) is 5.36. The molecular weight excluding hydrogens is 418 g/mol. The van der Waals surface area contributed by atoms with Crippen LogP contribution in [0.5, 0.6) is 17.2 Å². The van der Waals surface area contributed by atoms with Crippen LogP contribution in [0.15, 0.2) is 36.4 Å². The first-order valence-corrected chi connectivity index (χ1v) is 11.7. The summed E-state index contributed by atoms with van der Waals surface area (Å²) in [4.78, 5) is 19.8. The summed E-state index contributed by atoms with van der Waals surface area (Å²) in [5.41, 5.74) is 3.39. The third-order valence-corrected chi connectivity index (χ3v) is 6.75. The van der Waals surface area contributed by atoms with Crippen LogP contribution in [0.3, 0.4) is 0 Å². The van der Waals surface area contributed by atoms with Crippen LogP contribution in [0.1, 0.15) is 17.5 Å². The van der Waals surface area contributed by atoms with Crippen molar-refractivity contribution in [3.8, 4) is 17.2 Å². The van der Waals surface area contributed by atoms with Gasteiger partial charge in [-0.3, -0.25) is 9.69 Å². The van der Waals surface area contributed by atoms with Crippen LogP contribution in [0, 0.1) is 0 Å². The number of nitrogens with zero attached hydrogens (tertiary/aromatic N) is 3. The SMILES string of the molecule is COc1cc2c(cc1OC)CC(=O)N(CCCN1CCN(c3ccccc3OC)CC1)CC2. The quantitative estimate of drug-likeness (QED) is 0.613. The van der Waals surface area contributed by atoms with E-state index in [-0.39, 0.29) is 5.91 Å². The zero-order valence-corrected chi connectivity index (χ0v) is 20.0. The molecule has 0 saturated carbocycles. The third-order valence-electron chi connectivity index (χ3n) is 6.75. The van der Waals surface area contributed by atoms with E-state index in [0.29, 0.717) is 12.2 Å². The second-order valence-electron chi connectivity index (χ2n) is 8.64. The summed E-state index contributed by atoms with van der Waals surface area (Å²) < 4.78 is 16.4. The van der Waals surface area contributed by atoms with Gasteiger partial charge >= 0.3 is 0 Å². The monoisotopic (exact) mass is 453 g/mol. The number of amides is 1.